The summed E-state index contributed by atoms with van der Waals surface area (Å²) in [6.07, 6.45) is 6.83. The van der Waals surface area contributed by atoms with E-state index in [2.05, 4.69) is 29.3 Å². The second-order valence-electron chi connectivity index (χ2n) is 3.36. The SMILES string of the molecule is C[C@@H](N=C=S)C1CCCCC1. The Morgan fingerprint density at radius 3 is 2.55 bits per heavy atom. The van der Waals surface area contributed by atoms with Crippen molar-refractivity contribution >= 4 is 17.4 Å². The second kappa shape index (κ2) is 4.63. The van der Waals surface area contributed by atoms with Crippen LogP contribution in [0.15, 0.2) is 4.99 Å². The van der Waals surface area contributed by atoms with Gasteiger partial charge in [0.2, 0.25) is 0 Å². The topological polar surface area (TPSA) is 12.4 Å². The van der Waals surface area contributed by atoms with Gasteiger partial charge in [-0.25, -0.2) is 4.99 Å². The van der Waals surface area contributed by atoms with Gasteiger partial charge in [0, 0.05) is 0 Å². The van der Waals surface area contributed by atoms with Gasteiger partial charge >= 0.3 is 0 Å². The number of nitrogens with zero attached hydrogens (tertiary/aromatic N) is 1. The van der Waals surface area contributed by atoms with Crippen molar-refractivity contribution in [1.29, 1.82) is 0 Å². The Morgan fingerprint density at radius 1 is 1.36 bits per heavy atom. The van der Waals surface area contributed by atoms with Crippen molar-refractivity contribution in [2.45, 2.75) is 45.1 Å². The van der Waals surface area contributed by atoms with Crippen LogP contribution in [-0.4, -0.2) is 11.2 Å². The van der Waals surface area contributed by atoms with E-state index in [0.29, 0.717) is 6.04 Å². The Bertz CT molecular complexity index is 155. The molecule has 1 fully saturated rings. The van der Waals surface area contributed by atoms with Crippen LogP contribution in [0.5, 0.6) is 0 Å². The molecular weight excluding hydrogens is 154 g/mol. The highest BCUT2D eigenvalue weighted by atomic mass is 32.1. The quantitative estimate of drug-likeness (QED) is 0.457. The second-order valence-corrected chi connectivity index (χ2v) is 3.54. The number of aliphatic imine (C=N–C) groups is 1. The van der Waals surface area contributed by atoms with E-state index in [4.69, 9.17) is 0 Å². The van der Waals surface area contributed by atoms with Gasteiger partial charge in [-0.2, -0.15) is 0 Å². The van der Waals surface area contributed by atoms with Crippen molar-refractivity contribution in [2.75, 3.05) is 0 Å². The van der Waals surface area contributed by atoms with E-state index < -0.39 is 0 Å². The lowest BCUT2D eigenvalue weighted by molar-refractivity contribution is 0.318. The minimum absolute atomic E-state index is 0.410. The van der Waals surface area contributed by atoms with Crippen molar-refractivity contribution in [3.05, 3.63) is 0 Å². The molecule has 0 radical (unpaired) electrons. The molecule has 0 aromatic heterocycles. The number of rotatable bonds is 2. The van der Waals surface area contributed by atoms with Crippen molar-refractivity contribution < 1.29 is 0 Å². The van der Waals surface area contributed by atoms with Gasteiger partial charge in [-0.15, -0.1) is 0 Å². The summed E-state index contributed by atoms with van der Waals surface area (Å²) >= 11 is 4.58. The zero-order valence-corrected chi connectivity index (χ0v) is 7.86. The molecule has 11 heavy (non-hydrogen) atoms. The maximum Gasteiger partial charge on any atom is 0.0602 e. The molecule has 0 aliphatic heterocycles. The van der Waals surface area contributed by atoms with Crippen LogP contribution in [0.3, 0.4) is 0 Å². The molecule has 0 amide bonds. The summed E-state index contributed by atoms with van der Waals surface area (Å²) in [5.41, 5.74) is 0. The third kappa shape index (κ3) is 2.72. The lowest BCUT2D eigenvalue weighted by Crippen LogP contribution is -2.17. The minimum Gasteiger partial charge on any atom is -0.229 e. The summed E-state index contributed by atoms with van der Waals surface area (Å²) in [5.74, 6) is 0.777. The summed E-state index contributed by atoms with van der Waals surface area (Å²) in [6.45, 7) is 2.15. The Morgan fingerprint density at radius 2 is 2.00 bits per heavy atom. The fourth-order valence-corrected chi connectivity index (χ4v) is 1.97. The molecule has 1 atom stereocenters. The maximum absolute atomic E-state index is 4.58. The smallest absolute Gasteiger partial charge is 0.0602 e. The molecule has 1 aliphatic rings. The van der Waals surface area contributed by atoms with Crippen LogP contribution >= 0.6 is 12.2 Å². The van der Waals surface area contributed by atoms with E-state index in [1.165, 1.54) is 32.1 Å². The molecule has 0 aromatic carbocycles. The highest BCUT2D eigenvalue weighted by molar-refractivity contribution is 7.78. The first-order valence-electron chi connectivity index (χ1n) is 4.41. The summed E-state index contributed by atoms with van der Waals surface area (Å²) in [7, 11) is 0. The first kappa shape index (κ1) is 8.89. The van der Waals surface area contributed by atoms with Gasteiger partial charge in [-0.05, 0) is 37.9 Å². The standard InChI is InChI=1S/C9H15NS/c1-8(10-7-11)9-5-3-2-4-6-9/h8-9H,2-6H2,1H3/t8-/m1/s1. The Hall–Kier alpha value is -0.200. The predicted molar refractivity (Wildman–Crippen MR) is 51.1 cm³/mol. The largest absolute Gasteiger partial charge is 0.229 e. The zero-order chi connectivity index (χ0) is 8.10. The van der Waals surface area contributed by atoms with Crippen molar-refractivity contribution in [3.8, 4) is 0 Å². The third-order valence-corrected chi connectivity index (χ3v) is 2.69. The van der Waals surface area contributed by atoms with E-state index >= 15 is 0 Å². The van der Waals surface area contributed by atoms with Crippen LogP contribution in [0.25, 0.3) is 0 Å². The highest BCUT2D eigenvalue weighted by Crippen LogP contribution is 2.27. The average Bonchev–Trinajstić information content (AvgIpc) is 2.07. The first-order valence-corrected chi connectivity index (χ1v) is 4.82. The molecule has 0 saturated heterocycles. The summed E-state index contributed by atoms with van der Waals surface area (Å²) in [6, 6.07) is 0.410. The monoisotopic (exact) mass is 169 g/mol. The molecule has 1 saturated carbocycles. The Labute approximate surface area is 73.9 Å². The normalized spacial score (nSPS) is 22.3. The number of thiocarbonyl (C=S) groups is 1. The van der Waals surface area contributed by atoms with Crippen LogP contribution in [0.4, 0.5) is 0 Å². The lowest BCUT2D eigenvalue weighted by Gasteiger charge is -2.23. The molecule has 1 rings (SSSR count). The molecule has 62 valence electrons. The number of hydrogen-bond donors (Lipinski definition) is 0. The predicted octanol–water partition coefficient (Wildman–Crippen LogP) is 3.06. The van der Waals surface area contributed by atoms with E-state index in [1.54, 1.807) is 0 Å². The first-order chi connectivity index (χ1) is 5.34. The van der Waals surface area contributed by atoms with Crippen LogP contribution in [0.2, 0.25) is 0 Å². The van der Waals surface area contributed by atoms with E-state index in [-0.39, 0.29) is 0 Å². The van der Waals surface area contributed by atoms with Crippen molar-refractivity contribution in [3.63, 3.8) is 0 Å². The lowest BCUT2D eigenvalue weighted by atomic mass is 9.85. The van der Waals surface area contributed by atoms with Crippen LogP contribution in [0, 0.1) is 5.92 Å². The fraction of sp³-hybridized carbons (Fsp3) is 0.889. The van der Waals surface area contributed by atoms with Crippen LogP contribution in [0.1, 0.15) is 39.0 Å². The maximum atomic E-state index is 4.58. The molecule has 0 heterocycles. The average molecular weight is 169 g/mol. The summed E-state index contributed by atoms with van der Waals surface area (Å²) < 4.78 is 0. The van der Waals surface area contributed by atoms with Gasteiger partial charge in [0.15, 0.2) is 0 Å². The molecular formula is C9H15NS. The molecule has 0 bridgehead atoms. The molecule has 0 spiro atoms. The molecule has 0 aromatic rings. The molecule has 0 unspecified atom stereocenters. The molecule has 0 N–H and O–H groups in total. The van der Waals surface area contributed by atoms with Gasteiger partial charge in [0.25, 0.3) is 0 Å². The fourth-order valence-electron chi connectivity index (χ4n) is 1.81. The van der Waals surface area contributed by atoms with Gasteiger partial charge in [0.1, 0.15) is 0 Å². The molecule has 2 heteroatoms. The van der Waals surface area contributed by atoms with E-state index in [9.17, 15) is 0 Å². The Kier molecular flexibility index (Phi) is 3.74. The van der Waals surface area contributed by atoms with Gasteiger partial charge in [-0.3, -0.25) is 0 Å². The zero-order valence-electron chi connectivity index (χ0n) is 7.05. The number of isothiocyanates is 1. The third-order valence-electron chi connectivity index (χ3n) is 2.59. The van der Waals surface area contributed by atoms with Gasteiger partial charge in [-0.1, -0.05) is 19.3 Å². The summed E-state index contributed by atoms with van der Waals surface area (Å²) in [4.78, 5) is 4.11. The van der Waals surface area contributed by atoms with E-state index in [0.717, 1.165) is 5.92 Å². The summed E-state index contributed by atoms with van der Waals surface area (Å²) in [5, 5.41) is 2.47. The van der Waals surface area contributed by atoms with E-state index in [1.807, 2.05) is 0 Å². The molecule has 1 aliphatic carbocycles. The minimum atomic E-state index is 0.410. The van der Waals surface area contributed by atoms with Crippen LogP contribution < -0.4 is 0 Å². The van der Waals surface area contributed by atoms with Crippen molar-refractivity contribution in [2.24, 2.45) is 10.9 Å². The molecule has 1 nitrogen and oxygen atoms in total. The Balaban J connectivity index is 2.38. The highest BCUT2D eigenvalue weighted by Gasteiger charge is 2.18. The van der Waals surface area contributed by atoms with Crippen LogP contribution in [-0.2, 0) is 0 Å². The van der Waals surface area contributed by atoms with Gasteiger partial charge in [0.05, 0.1) is 11.2 Å². The van der Waals surface area contributed by atoms with Gasteiger partial charge < -0.3 is 0 Å². The van der Waals surface area contributed by atoms with Crippen molar-refractivity contribution in [1.82, 2.24) is 0 Å². The number of hydrogen-bond acceptors (Lipinski definition) is 2.